The highest BCUT2D eigenvalue weighted by molar-refractivity contribution is 7.19. The highest BCUT2D eigenvalue weighted by Gasteiger charge is 2.30. The van der Waals surface area contributed by atoms with Gasteiger partial charge in [-0.1, -0.05) is 47.5 Å². The summed E-state index contributed by atoms with van der Waals surface area (Å²) in [5.41, 5.74) is 1.50. The summed E-state index contributed by atoms with van der Waals surface area (Å²) < 4.78 is 0. The van der Waals surface area contributed by atoms with Crippen molar-refractivity contribution in [2.24, 2.45) is 11.8 Å². The number of nitrogens with zero attached hydrogens (tertiary/aromatic N) is 4. The predicted octanol–water partition coefficient (Wildman–Crippen LogP) is 5.80. The van der Waals surface area contributed by atoms with Crippen molar-refractivity contribution in [3.8, 4) is 0 Å². The smallest absolute Gasteiger partial charge is 0.225 e. The average Bonchev–Trinajstić information content (AvgIpc) is 3.16. The number of piperazine rings is 1. The van der Waals surface area contributed by atoms with Gasteiger partial charge in [-0.15, -0.1) is 11.3 Å². The minimum Gasteiger partial charge on any atom is -0.352 e. The molecule has 6 heteroatoms. The number of anilines is 1. The van der Waals surface area contributed by atoms with E-state index in [9.17, 15) is 4.79 Å². The number of hydrogen-bond acceptors (Lipinski definition) is 5. The Kier molecular flexibility index (Phi) is 7.38. The Morgan fingerprint density at radius 3 is 2.56 bits per heavy atom. The Balaban J connectivity index is 1.58. The number of rotatable bonds is 7. The van der Waals surface area contributed by atoms with Crippen molar-refractivity contribution in [1.82, 2.24) is 14.9 Å². The van der Waals surface area contributed by atoms with Crippen molar-refractivity contribution < 1.29 is 4.79 Å². The number of aromatic nitrogens is 2. The van der Waals surface area contributed by atoms with Gasteiger partial charge in [-0.3, -0.25) is 4.79 Å². The monoisotopic (exact) mass is 456 g/mol. The third-order valence-electron chi connectivity index (χ3n) is 7.31. The highest BCUT2D eigenvalue weighted by Crippen LogP contribution is 2.41. The number of aryl methyl sites for hydroxylation is 1. The molecule has 0 aromatic carbocycles. The van der Waals surface area contributed by atoms with Gasteiger partial charge >= 0.3 is 0 Å². The molecule has 0 unspecified atom stereocenters. The summed E-state index contributed by atoms with van der Waals surface area (Å²) in [6.07, 6.45) is 7.83. The van der Waals surface area contributed by atoms with Crippen molar-refractivity contribution >= 4 is 33.3 Å². The van der Waals surface area contributed by atoms with E-state index >= 15 is 0 Å². The summed E-state index contributed by atoms with van der Waals surface area (Å²) in [5.74, 6) is 3.68. The second-order valence-electron chi connectivity index (χ2n) is 10.2. The van der Waals surface area contributed by atoms with Crippen LogP contribution in [-0.2, 0) is 17.6 Å². The third kappa shape index (κ3) is 4.66. The fourth-order valence-electron chi connectivity index (χ4n) is 5.18. The van der Waals surface area contributed by atoms with Crippen LogP contribution in [0, 0.1) is 11.8 Å². The minimum absolute atomic E-state index is 0.186. The van der Waals surface area contributed by atoms with Crippen molar-refractivity contribution in [2.45, 2.75) is 85.5 Å². The van der Waals surface area contributed by atoms with Gasteiger partial charge in [-0.25, -0.2) is 9.97 Å². The number of fused-ring (bicyclic) bond motifs is 3. The summed E-state index contributed by atoms with van der Waals surface area (Å²) in [6, 6.07) is 0. The van der Waals surface area contributed by atoms with E-state index in [-0.39, 0.29) is 5.92 Å². The maximum Gasteiger partial charge on any atom is 0.225 e. The average molecular weight is 457 g/mol. The third-order valence-corrected chi connectivity index (χ3v) is 8.46. The number of carbonyl (C=O) groups is 1. The fourth-order valence-corrected chi connectivity index (χ4v) is 6.56. The van der Waals surface area contributed by atoms with Gasteiger partial charge in [0.05, 0.1) is 5.39 Å². The zero-order valence-electron chi connectivity index (χ0n) is 20.6. The molecule has 0 spiro atoms. The van der Waals surface area contributed by atoms with E-state index in [1.807, 2.05) is 11.3 Å². The molecule has 2 aromatic rings. The first-order valence-corrected chi connectivity index (χ1v) is 13.6. The molecule has 1 aliphatic carbocycles. The zero-order valence-corrected chi connectivity index (χ0v) is 21.4. The molecule has 0 radical (unpaired) electrons. The molecule has 3 heterocycles. The molecule has 2 atom stereocenters. The van der Waals surface area contributed by atoms with E-state index in [1.165, 1.54) is 33.5 Å². The minimum atomic E-state index is 0.186. The Morgan fingerprint density at radius 2 is 1.91 bits per heavy atom. The van der Waals surface area contributed by atoms with Gasteiger partial charge in [-0.05, 0) is 43.6 Å². The van der Waals surface area contributed by atoms with Crippen LogP contribution in [0.1, 0.15) is 88.9 Å². The van der Waals surface area contributed by atoms with E-state index in [1.54, 1.807) is 0 Å². The van der Waals surface area contributed by atoms with Gasteiger partial charge < -0.3 is 9.80 Å². The maximum atomic E-state index is 13.1. The molecule has 176 valence electrons. The van der Waals surface area contributed by atoms with E-state index in [0.717, 1.165) is 75.8 Å². The molecule has 1 amide bonds. The van der Waals surface area contributed by atoms with Crippen LogP contribution in [0.15, 0.2) is 0 Å². The molecule has 0 saturated carbocycles. The van der Waals surface area contributed by atoms with Gasteiger partial charge in [-0.2, -0.15) is 0 Å². The molecule has 0 bridgehead atoms. The van der Waals surface area contributed by atoms with E-state index in [2.05, 4.69) is 44.4 Å². The van der Waals surface area contributed by atoms with Crippen LogP contribution >= 0.6 is 11.3 Å². The van der Waals surface area contributed by atoms with E-state index in [4.69, 9.17) is 9.97 Å². The molecule has 0 N–H and O–H groups in total. The summed E-state index contributed by atoms with van der Waals surface area (Å²) in [5, 5.41) is 1.30. The molecule has 2 aromatic heterocycles. The fraction of sp³-hybridized carbons (Fsp3) is 0.731. The van der Waals surface area contributed by atoms with Crippen molar-refractivity contribution in [2.75, 3.05) is 31.1 Å². The van der Waals surface area contributed by atoms with Crippen LogP contribution in [-0.4, -0.2) is 47.0 Å². The van der Waals surface area contributed by atoms with Crippen molar-refractivity contribution in [3.05, 3.63) is 16.3 Å². The molecule has 1 saturated heterocycles. The lowest BCUT2D eigenvalue weighted by Crippen LogP contribution is -2.50. The zero-order chi connectivity index (χ0) is 22.8. The first kappa shape index (κ1) is 23.5. The molecule has 1 fully saturated rings. The van der Waals surface area contributed by atoms with Gasteiger partial charge in [0.1, 0.15) is 16.5 Å². The summed E-state index contributed by atoms with van der Waals surface area (Å²) in [6.45, 7) is 14.4. The molecule has 5 nitrogen and oxygen atoms in total. The Morgan fingerprint density at radius 1 is 1.16 bits per heavy atom. The molecule has 1 aliphatic heterocycles. The molecule has 4 rings (SSSR count). The molecule has 2 aliphatic rings. The summed E-state index contributed by atoms with van der Waals surface area (Å²) >= 11 is 1.89. The quantitative estimate of drug-likeness (QED) is 0.528. The van der Waals surface area contributed by atoms with Gasteiger partial charge in [0.15, 0.2) is 0 Å². The Labute approximate surface area is 197 Å². The van der Waals surface area contributed by atoms with Crippen LogP contribution in [0.4, 0.5) is 5.82 Å². The lowest BCUT2D eigenvalue weighted by molar-refractivity contribution is -0.136. The topological polar surface area (TPSA) is 49.3 Å². The van der Waals surface area contributed by atoms with Crippen LogP contribution in [0.3, 0.4) is 0 Å². The summed E-state index contributed by atoms with van der Waals surface area (Å²) in [4.78, 5) is 30.4. The summed E-state index contributed by atoms with van der Waals surface area (Å²) in [7, 11) is 0. The van der Waals surface area contributed by atoms with Crippen molar-refractivity contribution in [3.63, 3.8) is 0 Å². The van der Waals surface area contributed by atoms with Crippen LogP contribution < -0.4 is 4.90 Å². The molecular formula is C26H40N4OS. The van der Waals surface area contributed by atoms with Gasteiger partial charge in [0, 0.05) is 42.9 Å². The van der Waals surface area contributed by atoms with E-state index in [0.29, 0.717) is 11.8 Å². The van der Waals surface area contributed by atoms with Crippen molar-refractivity contribution in [1.29, 1.82) is 0 Å². The van der Waals surface area contributed by atoms with Crippen LogP contribution in [0.2, 0.25) is 0 Å². The largest absolute Gasteiger partial charge is 0.352 e. The second kappa shape index (κ2) is 10.1. The SMILES string of the molecule is CCCC[C@@H](CC)C(=O)N1CCN(c2nc(C(C)C)nc3sc4c(c23)CC[C@H](C)C4)CC1. The second-order valence-corrected chi connectivity index (χ2v) is 11.2. The number of amides is 1. The molecular weight excluding hydrogens is 416 g/mol. The number of thiophene rings is 1. The van der Waals surface area contributed by atoms with Crippen LogP contribution in [0.5, 0.6) is 0 Å². The standard InChI is InChI=1S/C26H40N4OS/c1-6-8-9-19(7-2)26(31)30-14-12-29(13-15-30)24-22-20-11-10-18(5)16-21(20)32-25(22)28-23(27-24)17(3)4/h17-19H,6-16H2,1-5H3/t18-,19+/m0/s1. The number of carbonyl (C=O) groups excluding carboxylic acids is 1. The first-order chi connectivity index (χ1) is 15.4. The lowest BCUT2D eigenvalue weighted by Gasteiger charge is -2.37. The lowest BCUT2D eigenvalue weighted by atomic mass is 9.89. The van der Waals surface area contributed by atoms with E-state index < -0.39 is 0 Å². The van der Waals surface area contributed by atoms with Gasteiger partial charge in [0.2, 0.25) is 5.91 Å². The molecule has 32 heavy (non-hydrogen) atoms. The van der Waals surface area contributed by atoms with Gasteiger partial charge in [0.25, 0.3) is 0 Å². The Hall–Kier alpha value is -1.69. The maximum absolute atomic E-state index is 13.1. The first-order valence-electron chi connectivity index (χ1n) is 12.8. The highest BCUT2D eigenvalue weighted by atomic mass is 32.1. The van der Waals surface area contributed by atoms with Crippen LogP contribution in [0.25, 0.3) is 10.2 Å². The number of unbranched alkanes of at least 4 members (excludes halogenated alkanes) is 1. The predicted molar refractivity (Wildman–Crippen MR) is 135 cm³/mol. The Bertz CT molecular complexity index is 945. The normalized spacial score (nSPS) is 20.1. The number of hydrogen-bond donors (Lipinski definition) is 0.